The highest BCUT2D eigenvalue weighted by molar-refractivity contribution is 5.50. The van der Waals surface area contributed by atoms with E-state index in [0.717, 1.165) is 19.1 Å². The normalized spacial score (nSPS) is 11.3. The topological polar surface area (TPSA) is 17.1 Å². The van der Waals surface area contributed by atoms with Crippen molar-refractivity contribution >= 4 is 12.4 Å². The SMILES string of the molecule is Cc1cccc(/C=C/CCCCCCCCCCCCCCCCC=O)c1. The highest BCUT2D eigenvalue weighted by atomic mass is 16.1. The summed E-state index contributed by atoms with van der Waals surface area (Å²) in [6.07, 6.45) is 26.6. The zero-order chi connectivity index (χ0) is 19.4. The maximum absolute atomic E-state index is 10.2. The van der Waals surface area contributed by atoms with E-state index in [9.17, 15) is 4.79 Å². The van der Waals surface area contributed by atoms with Crippen molar-refractivity contribution in [3.63, 3.8) is 0 Å². The molecule has 0 spiro atoms. The first-order valence-electron chi connectivity index (χ1n) is 11.5. The third-order valence-corrected chi connectivity index (χ3v) is 5.30. The number of hydrogen-bond donors (Lipinski definition) is 0. The van der Waals surface area contributed by atoms with Crippen LogP contribution in [0.2, 0.25) is 0 Å². The molecule has 1 aromatic carbocycles. The number of hydrogen-bond acceptors (Lipinski definition) is 1. The molecule has 1 heteroatoms. The van der Waals surface area contributed by atoms with Gasteiger partial charge in [-0.2, -0.15) is 0 Å². The van der Waals surface area contributed by atoms with Gasteiger partial charge in [-0.1, -0.05) is 119 Å². The first-order chi connectivity index (χ1) is 13.3. The van der Waals surface area contributed by atoms with Gasteiger partial charge in [0, 0.05) is 6.42 Å². The van der Waals surface area contributed by atoms with Gasteiger partial charge < -0.3 is 4.79 Å². The summed E-state index contributed by atoms with van der Waals surface area (Å²) in [6.45, 7) is 2.15. The van der Waals surface area contributed by atoms with Crippen LogP contribution in [0.5, 0.6) is 0 Å². The van der Waals surface area contributed by atoms with Crippen molar-refractivity contribution in [2.24, 2.45) is 0 Å². The van der Waals surface area contributed by atoms with Crippen molar-refractivity contribution in [2.75, 3.05) is 0 Å². The first kappa shape index (κ1) is 23.7. The molecular weight excluding hydrogens is 328 g/mol. The molecule has 0 aromatic heterocycles. The van der Waals surface area contributed by atoms with Crippen LogP contribution in [-0.2, 0) is 4.79 Å². The highest BCUT2D eigenvalue weighted by Gasteiger charge is 1.94. The van der Waals surface area contributed by atoms with Crippen LogP contribution in [0.3, 0.4) is 0 Å². The summed E-state index contributed by atoms with van der Waals surface area (Å²) in [5, 5.41) is 0. The van der Waals surface area contributed by atoms with E-state index in [1.807, 2.05) is 0 Å². The summed E-state index contributed by atoms with van der Waals surface area (Å²) in [5.74, 6) is 0. The fourth-order valence-electron chi connectivity index (χ4n) is 3.60. The molecule has 0 atom stereocenters. The third-order valence-electron chi connectivity index (χ3n) is 5.30. The Bertz CT molecular complexity index is 489. The maximum Gasteiger partial charge on any atom is 0.119 e. The molecule has 0 bridgehead atoms. The molecule has 1 aromatic rings. The quantitative estimate of drug-likeness (QED) is 0.187. The first-order valence-corrected chi connectivity index (χ1v) is 11.5. The van der Waals surface area contributed by atoms with Gasteiger partial charge in [-0.15, -0.1) is 0 Å². The van der Waals surface area contributed by atoms with Gasteiger partial charge in [-0.3, -0.25) is 0 Å². The Kier molecular flexibility index (Phi) is 15.8. The van der Waals surface area contributed by atoms with Crippen molar-refractivity contribution in [3.05, 3.63) is 41.5 Å². The third kappa shape index (κ3) is 15.4. The summed E-state index contributed by atoms with van der Waals surface area (Å²) >= 11 is 0. The lowest BCUT2D eigenvalue weighted by Gasteiger charge is -2.03. The van der Waals surface area contributed by atoms with Gasteiger partial charge in [-0.25, -0.2) is 0 Å². The minimum atomic E-state index is 0.754. The van der Waals surface area contributed by atoms with Gasteiger partial charge in [0.2, 0.25) is 0 Å². The maximum atomic E-state index is 10.2. The Morgan fingerprint density at radius 3 is 1.63 bits per heavy atom. The van der Waals surface area contributed by atoms with E-state index in [1.54, 1.807) is 0 Å². The molecule has 0 saturated heterocycles. The van der Waals surface area contributed by atoms with Crippen LogP contribution < -0.4 is 0 Å². The van der Waals surface area contributed by atoms with Crippen LogP contribution in [0.15, 0.2) is 30.3 Å². The monoisotopic (exact) mass is 370 g/mol. The Labute approximate surface area is 168 Å². The van der Waals surface area contributed by atoms with E-state index in [0.29, 0.717) is 0 Å². The fraction of sp³-hybridized carbons (Fsp3) is 0.654. The molecule has 0 aliphatic carbocycles. The highest BCUT2D eigenvalue weighted by Crippen LogP contribution is 2.14. The largest absolute Gasteiger partial charge is 0.303 e. The molecular formula is C26H42O. The molecule has 0 amide bonds. The van der Waals surface area contributed by atoms with Gasteiger partial charge in [0.25, 0.3) is 0 Å². The number of carbonyl (C=O) groups is 1. The second-order valence-electron chi connectivity index (χ2n) is 8.01. The second kappa shape index (κ2) is 18.0. The molecule has 0 saturated carbocycles. The Morgan fingerprint density at radius 2 is 1.15 bits per heavy atom. The molecule has 1 nitrogen and oxygen atoms in total. The van der Waals surface area contributed by atoms with Crippen molar-refractivity contribution in [3.8, 4) is 0 Å². The zero-order valence-corrected chi connectivity index (χ0v) is 17.8. The lowest BCUT2D eigenvalue weighted by Crippen LogP contribution is -1.83. The number of carbonyl (C=O) groups excluding carboxylic acids is 1. The summed E-state index contributed by atoms with van der Waals surface area (Å²) in [4.78, 5) is 10.2. The molecule has 0 unspecified atom stereocenters. The Hall–Kier alpha value is -1.37. The van der Waals surface area contributed by atoms with Crippen LogP contribution in [-0.4, -0.2) is 6.29 Å². The number of rotatable bonds is 18. The smallest absolute Gasteiger partial charge is 0.119 e. The van der Waals surface area contributed by atoms with Crippen LogP contribution in [0.1, 0.15) is 114 Å². The van der Waals surface area contributed by atoms with E-state index in [-0.39, 0.29) is 0 Å². The number of unbranched alkanes of at least 4 members (excludes halogenated alkanes) is 15. The van der Waals surface area contributed by atoms with E-state index in [4.69, 9.17) is 0 Å². The van der Waals surface area contributed by atoms with Gasteiger partial charge in [0.1, 0.15) is 6.29 Å². The lowest BCUT2D eigenvalue weighted by molar-refractivity contribution is -0.107. The number of aryl methyl sites for hydroxylation is 1. The summed E-state index contributed by atoms with van der Waals surface area (Å²) < 4.78 is 0. The summed E-state index contributed by atoms with van der Waals surface area (Å²) in [7, 11) is 0. The average Bonchev–Trinajstić information content (AvgIpc) is 2.67. The van der Waals surface area contributed by atoms with E-state index in [1.165, 1.54) is 101 Å². The van der Waals surface area contributed by atoms with Crippen molar-refractivity contribution in [1.29, 1.82) is 0 Å². The Balaban J connectivity index is 1.77. The zero-order valence-electron chi connectivity index (χ0n) is 17.8. The van der Waals surface area contributed by atoms with Gasteiger partial charge in [0.05, 0.1) is 0 Å². The summed E-state index contributed by atoms with van der Waals surface area (Å²) in [5.41, 5.74) is 2.66. The van der Waals surface area contributed by atoms with E-state index >= 15 is 0 Å². The van der Waals surface area contributed by atoms with Crippen LogP contribution in [0.25, 0.3) is 6.08 Å². The molecule has 27 heavy (non-hydrogen) atoms. The molecule has 0 radical (unpaired) electrons. The van der Waals surface area contributed by atoms with Crippen molar-refractivity contribution < 1.29 is 4.79 Å². The number of aldehydes is 1. The van der Waals surface area contributed by atoms with Crippen LogP contribution in [0.4, 0.5) is 0 Å². The summed E-state index contributed by atoms with van der Waals surface area (Å²) in [6, 6.07) is 8.70. The van der Waals surface area contributed by atoms with Crippen molar-refractivity contribution in [2.45, 2.75) is 110 Å². The predicted molar refractivity (Wildman–Crippen MR) is 120 cm³/mol. The van der Waals surface area contributed by atoms with E-state index < -0.39 is 0 Å². The minimum absolute atomic E-state index is 0.754. The molecule has 0 aliphatic heterocycles. The van der Waals surface area contributed by atoms with Gasteiger partial charge >= 0.3 is 0 Å². The standard InChI is InChI=1S/C26H42O/c1-25-20-19-22-26(24-25)21-17-15-13-11-9-7-5-3-2-4-6-8-10-12-14-16-18-23-27/h17,19-24H,2-16,18H2,1H3/b21-17+. The van der Waals surface area contributed by atoms with Gasteiger partial charge in [0.15, 0.2) is 0 Å². The van der Waals surface area contributed by atoms with E-state index in [2.05, 4.69) is 43.3 Å². The molecule has 0 fully saturated rings. The van der Waals surface area contributed by atoms with Gasteiger partial charge in [-0.05, 0) is 31.7 Å². The van der Waals surface area contributed by atoms with Crippen LogP contribution >= 0.6 is 0 Å². The number of benzene rings is 1. The molecule has 0 heterocycles. The molecule has 1 rings (SSSR count). The fourth-order valence-corrected chi connectivity index (χ4v) is 3.60. The average molecular weight is 371 g/mol. The Morgan fingerprint density at radius 1 is 0.667 bits per heavy atom. The molecule has 0 aliphatic rings. The number of allylic oxidation sites excluding steroid dienone is 1. The second-order valence-corrected chi connectivity index (χ2v) is 8.01. The predicted octanol–water partition coefficient (Wildman–Crippen LogP) is 8.45. The van der Waals surface area contributed by atoms with Crippen molar-refractivity contribution in [1.82, 2.24) is 0 Å². The van der Waals surface area contributed by atoms with Crippen LogP contribution in [0, 0.1) is 6.92 Å². The molecule has 0 N–H and O–H groups in total. The molecule has 152 valence electrons. The lowest BCUT2D eigenvalue weighted by atomic mass is 10.0. The minimum Gasteiger partial charge on any atom is -0.303 e.